The summed E-state index contributed by atoms with van der Waals surface area (Å²) in [4.78, 5) is 15.1. The van der Waals surface area contributed by atoms with Crippen molar-refractivity contribution < 1.29 is 14.3 Å². The summed E-state index contributed by atoms with van der Waals surface area (Å²) < 4.78 is 13.1. The predicted octanol–water partition coefficient (Wildman–Crippen LogP) is 4.99. The number of carbonyl (C=O) groups excluding carboxylic acids is 1. The lowest BCUT2D eigenvalue weighted by molar-refractivity contribution is 0.0355. The van der Waals surface area contributed by atoms with E-state index in [0.29, 0.717) is 30.4 Å². The van der Waals surface area contributed by atoms with Gasteiger partial charge >= 0.3 is 0 Å². The van der Waals surface area contributed by atoms with Crippen LogP contribution in [0, 0.1) is 17.7 Å². The van der Waals surface area contributed by atoms with Gasteiger partial charge in [-0.25, -0.2) is 4.39 Å². The van der Waals surface area contributed by atoms with Gasteiger partial charge in [0.2, 0.25) is 0 Å². The first kappa shape index (κ1) is 21.0. The number of rotatable bonds is 6. The molecule has 1 aliphatic heterocycles. The molecule has 32 heavy (non-hydrogen) atoms. The Morgan fingerprint density at radius 2 is 1.44 bits per heavy atom. The maximum absolute atomic E-state index is 13.1. The Balaban J connectivity index is 1.16. The molecule has 3 aromatic rings. The van der Waals surface area contributed by atoms with Crippen molar-refractivity contribution in [1.29, 1.82) is 0 Å². The first-order valence-corrected chi connectivity index (χ1v) is 11.4. The van der Waals surface area contributed by atoms with Crippen molar-refractivity contribution in [3.63, 3.8) is 0 Å². The quantitative estimate of drug-likeness (QED) is 0.561. The Bertz CT molecular complexity index is 1060. The molecule has 4 heteroatoms. The standard InChI is InChI=1S/C28H28FNO2/c29-26-12-10-22(11-13-26)21-6-8-23(9-7-21)27(31)19-30-17-24-15-28(32,16-25(24)18-30)14-20-4-2-1-3-5-20/h1-13,24-25,32H,14-19H2/t24-,25+,28?. The van der Waals surface area contributed by atoms with Gasteiger partial charge in [0.05, 0.1) is 12.1 Å². The van der Waals surface area contributed by atoms with Crippen LogP contribution in [0.4, 0.5) is 4.39 Å². The predicted molar refractivity (Wildman–Crippen MR) is 124 cm³/mol. The molecule has 0 aromatic heterocycles. The summed E-state index contributed by atoms with van der Waals surface area (Å²) in [7, 11) is 0. The first-order chi connectivity index (χ1) is 15.5. The van der Waals surface area contributed by atoms with Crippen LogP contribution in [0.15, 0.2) is 78.9 Å². The van der Waals surface area contributed by atoms with Gasteiger partial charge in [-0.15, -0.1) is 0 Å². The van der Waals surface area contributed by atoms with Crippen molar-refractivity contribution in [3.05, 3.63) is 95.8 Å². The largest absolute Gasteiger partial charge is 0.390 e. The van der Waals surface area contributed by atoms with E-state index >= 15 is 0 Å². The molecule has 1 N–H and O–H groups in total. The molecule has 2 aliphatic rings. The van der Waals surface area contributed by atoms with Gasteiger partial charge in [-0.1, -0.05) is 66.7 Å². The van der Waals surface area contributed by atoms with Crippen molar-refractivity contribution in [3.8, 4) is 11.1 Å². The average molecular weight is 430 g/mol. The number of halogens is 1. The minimum absolute atomic E-state index is 0.121. The molecule has 1 saturated heterocycles. The summed E-state index contributed by atoms with van der Waals surface area (Å²) in [5.74, 6) is 0.777. The molecule has 1 aliphatic carbocycles. The van der Waals surface area contributed by atoms with Gasteiger partial charge in [0.15, 0.2) is 5.78 Å². The number of ketones is 1. The van der Waals surface area contributed by atoms with Crippen molar-refractivity contribution >= 4 is 5.78 Å². The number of nitrogens with zero attached hydrogens (tertiary/aromatic N) is 1. The molecule has 5 rings (SSSR count). The number of likely N-dealkylation sites (tertiary alicyclic amines) is 1. The zero-order valence-electron chi connectivity index (χ0n) is 18.1. The van der Waals surface area contributed by atoms with Gasteiger partial charge in [-0.2, -0.15) is 0 Å². The van der Waals surface area contributed by atoms with Gasteiger partial charge < -0.3 is 5.11 Å². The fourth-order valence-corrected chi connectivity index (χ4v) is 5.59. The molecule has 3 aromatic carbocycles. The smallest absolute Gasteiger partial charge is 0.176 e. The summed E-state index contributed by atoms with van der Waals surface area (Å²) in [6, 6.07) is 24.1. The van der Waals surface area contributed by atoms with Crippen LogP contribution in [0.2, 0.25) is 0 Å². The number of benzene rings is 3. The van der Waals surface area contributed by atoms with Crippen LogP contribution in [0.25, 0.3) is 11.1 Å². The maximum Gasteiger partial charge on any atom is 0.176 e. The number of hydrogen-bond donors (Lipinski definition) is 1. The molecular formula is C28H28FNO2. The van der Waals surface area contributed by atoms with Crippen LogP contribution in [0.5, 0.6) is 0 Å². The lowest BCUT2D eigenvalue weighted by atomic mass is 9.91. The van der Waals surface area contributed by atoms with E-state index in [0.717, 1.165) is 37.1 Å². The second-order valence-electron chi connectivity index (χ2n) is 9.52. The molecule has 3 nitrogen and oxygen atoms in total. The normalized spacial score (nSPS) is 25.1. The summed E-state index contributed by atoms with van der Waals surface area (Å²) in [6.45, 7) is 2.17. The lowest BCUT2D eigenvalue weighted by Crippen LogP contribution is -2.34. The minimum Gasteiger partial charge on any atom is -0.390 e. The third-order valence-corrected chi connectivity index (χ3v) is 7.06. The maximum atomic E-state index is 13.1. The SMILES string of the molecule is O=C(CN1C[C@@H]2CC(O)(Cc3ccccc3)C[C@@H]2C1)c1ccc(-c2ccc(F)cc2)cc1. The van der Waals surface area contributed by atoms with Gasteiger partial charge in [0.25, 0.3) is 0 Å². The highest BCUT2D eigenvalue weighted by Gasteiger charge is 2.48. The number of fused-ring (bicyclic) bond motifs is 1. The third-order valence-electron chi connectivity index (χ3n) is 7.06. The van der Waals surface area contributed by atoms with Gasteiger partial charge in [-0.05, 0) is 53.5 Å². The van der Waals surface area contributed by atoms with E-state index in [1.165, 1.54) is 17.7 Å². The number of Topliss-reactive ketones (excluding diaryl/α,β-unsaturated/α-hetero) is 1. The Hall–Kier alpha value is -2.82. The fraction of sp³-hybridized carbons (Fsp3) is 0.321. The van der Waals surface area contributed by atoms with Crippen LogP contribution in [0.3, 0.4) is 0 Å². The van der Waals surface area contributed by atoms with Gasteiger partial charge in [0, 0.05) is 25.1 Å². The van der Waals surface area contributed by atoms with Crippen molar-refractivity contribution in [2.24, 2.45) is 11.8 Å². The topological polar surface area (TPSA) is 40.5 Å². The van der Waals surface area contributed by atoms with E-state index < -0.39 is 5.60 Å². The molecule has 3 atom stereocenters. The Morgan fingerprint density at radius 1 is 0.875 bits per heavy atom. The molecule has 0 bridgehead atoms. The molecular weight excluding hydrogens is 401 g/mol. The number of carbonyl (C=O) groups is 1. The molecule has 1 heterocycles. The third kappa shape index (κ3) is 4.52. The summed E-state index contributed by atoms with van der Waals surface area (Å²) in [5, 5.41) is 11.1. The van der Waals surface area contributed by atoms with Crippen molar-refractivity contribution in [1.82, 2.24) is 4.90 Å². The monoisotopic (exact) mass is 429 g/mol. The van der Waals surface area contributed by atoms with E-state index in [2.05, 4.69) is 17.0 Å². The Morgan fingerprint density at radius 3 is 2.03 bits per heavy atom. The van der Waals surface area contributed by atoms with Gasteiger partial charge in [-0.3, -0.25) is 9.69 Å². The van der Waals surface area contributed by atoms with E-state index in [4.69, 9.17) is 0 Å². The average Bonchev–Trinajstić information content (AvgIpc) is 3.28. The second-order valence-corrected chi connectivity index (χ2v) is 9.52. The van der Waals surface area contributed by atoms with E-state index in [-0.39, 0.29) is 11.6 Å². The molecule has 0 amide bonds. The van der Waals surface area contributed by atoms with E-state index in [1.807, 2.05) is 42.5 Å². The highest BCUT2D eigenvalue weighted by Crippen LogP contribution is 2.45. The number of hydrogen-bond acceptors (Lipinski definition) is 3. The van der Waals surface area contributed by atoms with Crippen molar-refractivity contribution in [2.75, 3.05) is 19.6 Å². The van der Waals surface area contributed by atoms with Gasteiger partial charge in [0.1, 0.15) is 5.82 Å². The zero-order valence-corrected chi connectivity index (χ0v) is 18.1. The molecule has 1 unspecified atom stereocenters. The highest BCUT2D eigenvalue weighted by molar-refractivity contribution is 5.98. The summed E-state index contributed by atoms with van der Waals surface area (Å²) in [6.07, 6.45) is 2.33. The second kappa shape index (κ2) is 8.61. The van der Waals surface area contributed by atoms with E-state index in [1.54, 1.807) is 12.1 Å². The summed E-state index contributed by atoms with van der Waals surface area (Å²) in [5.41, 5.74) is 3.17. The molecule has 1 saturated carbocycles. The van der Waals surface area contributed by atoms with Crippen LogP contribution in [-0.4, -0.2) is 41.0 Å². The Kier molecular flexibility index (Phi) is 5.66. The minimum atomic E-state index is -0.622. The summed E-state index contributed by atoms with van der Waals surface area (Å²) >= 11 is 0. The van der Waals surface area contributed by atoms with Crippen molar-refractivity contribution in [2.45, 2.75) is 24.9 Å². The molecule has 0 radical (unpaired) electrons. The molecule has 164 valence electrons. The fourth-order valence-electron chi connectivity index (χ4n) is 5.59. The number of aliphatic hydroxyl groups is 1. The van der Waals surface area contributed by atoms with E-state index in [9.17, 15) is 14.3 Å². The van der Waals surface area contributed by atoms with Crippen LogP contribution >= 0.6 is 0 Å². The molecule has 2 fully saturated rings. The zero-order chi connectivity index (χ0) is 22.1. The lowest BCUT2D eigenvalue weighted by Gasteiger charge is -2.26. The van der Waals surface area contributed by atoms with Crippen LogP contribution in [-0.2, 0) is 6.42 Å². The molecule has 0 spiro atoms. The van der Waals surface area contributed by atoms with Crippen LogP contribution < -0.4 is 0 Å². The Labute approximate surface area is 188 Å². The highest BCUT2D eigenvalue weighted by atomic mass is 19.1. The first-order valence-electron chi connectivity index (χ1n) is 11.4. The van der Waals surface area contributed by atoms with Crippen LogP contribution in [0.1, 0.15) is 28.8 Å².